The van der Waals surface area contributed by atoms with Crippen LogP contribution in [0.3, 0.4) is 0 Å². The zero-order chi connectivity index (χ0) is 20.6. The maximum Gasteiger partial charge on any atom is 0.123 e. The van der Waals surface area contributed by atoms with Crippen LogP contribution in [0.4, 0.5) is 0 Å². The minimum Gasteiger partial charge on any atom is -0.507 e. The highest BCUT2D eigenvalue weighted by Crippen LogP contribution is 2.54. The molecular weight excluding hydrogens is 420 g/mol. The second-order valence-electron chi connectivity index (χ2n) is 10.7. The van der Waals surface area contributed by atoms with Crippen LogP contribution in [0, 0.1) is 11.8 Å². The Hall–Kier alpha value is -1.28. The monoisotopic (exact) mass is 454 g/mol. The summed E-state index contributed by atoms with van der Waals surface area (Å²) in [6.45, 7) is 6.84. The maximum absolute atomic E-state index is 11.4. The maximum atomic E-state index is 11.4. The predicted octanol–water partition coefficient (Wildman–Crippen LogP) is 7.67. The Bertz CT molecular complexity index is 837. The number of phenols is 1. The van der Waals surface area contributed by atoms with Gasteiger partial charge in [0.25, 0.3) is 0 Å². The average Bonchev–Trinajstić information content (AvgIpc) is 2.67. The first-order chi connectivity index (χ1) is 13.8. The minimum absolute atomic E-state index is 0.0393. The Morgan fingerprint density at radius 2 is 1.69 bits per heavy atom. The molecule has 2 atom stereocenters. The molecule has 2 aromatic rings. The van der Waals surface area contributed by atoms with Crippen molar-refractivity contribution in [2.45, 2.75) is 81.9 Å². The summed E-state index contributed by atoms with van der Waals surface area (Å²) in [5, 5.41) is 12.1. The van der Waals surface area contributed by atoms with Crippen LogP contribution in [0.25, 0.3) is 0 Å². The lowest BCUT2D eigenvalue weighted by molar-refractivity contribution is 0.107. The fourth-order valence-electron chi connectivity index (χ4n) is 6.04. The molecule has 0 aliphatic heterocycles. The van der Waals surface area contributed by atoms with Crippen molar-refractivity contribution in [3.63, 3.8) is 0 Å². The average molecular weight is 455 g/mol. The molecule has 156 valence electrons. The van der Waals surface area contributed by atoms with Crippen LogP contribution >= 0.6 is 15.9 Å². The molecule has 0 radical (unpaired) electrons. The molecule has 2 aliphatic rings. The third-order valence-electron chi connectivity index (χ3n) is 7.41. The molecule has 4 rings (SSSR count). The molecule has 1 nitrogen and oxygen atoms in total. The van der Waals surface area contributed by atoms with Crippen LogP contribution in [0.2, 0.25) is 0 Å². The Kier molecular flexibility index (Phi) is 5.86. The molecule has 29 heavy (non-hydrogen) atoms. The molecule has 0 aromatic heterocycles. The molecule has 0 saturated heterocycles. The summed E-state index contributed by atoms with van der Waals surface area (Å²) in [4.78, 5) is 0. The van der Waals surface area contributed by atoms with E-state index >= 15 is 0 Å². The van der Waals surface area contributed by atoms with Crippen molar-refractivity contribution >= 4 is 15.9 Å². The summed E-state index contributed by atoms with van der Waals surface area (Å²) >= 11 is 3.64. The van der Waals surface area contributed by atoms with Crippen LogP contribution in [0.5, 0.6) is 5.75 Å². The van der Waals surface area contributed by atoms with Crippen LogP contribution < -0.4 is 0 Å². The van der Waals surface area contributed by atoms with Crippen molar-refractivity contribution in [3.05, 3.63) is 64.7 Å². The van der Waals surface area contributed by atoms with Crippen LogP contribution in [-0.2, 0) is 22.6 Å². The Morgan fingerprint density at radius 1 is 1.03 bits per heavy atom. The van der Waals surface area contributed by atoms with E-state index in [0.717, 1.165) is 23.8 Å². The molecule has 2 unspecified atom stereocenters. The largest absolute Gasteiger partial charge is 0.507 e. The van der Waals surface area contributed by atoms with E-state index in [4.69, 9.17) is 0 Å². The Labute approximate surface area is 185 Å². The van der Waals surface area contributed by atoms with Gasteiger partial charge in [-0.2, -0.15) is 0 Å². The van der Waals surface area contributed by atoms with Gasteiger partial charge in [0.1, 0.15) is 5.75 Å². The van der Waals surface area contributed by atoms with E-state index in [1.54, 1.807) is 0 Å². The second-order valence-corrected chi connectivity index (χ2v) is 11.2. The Balaban J connectivity index is 1.87. The van der Waals surface area contributed by atoms with Crippen LogP contribution in [-0.4, -0.2) is 5.11 Å². The van der Waals surface area contributed by atoms with Gasteiger partial charge in [0.05, 0.1) is 0 Å². The minimum atomic E-state index is 0.0393. The smallest absolute Gasteiger partial charge is 0.123 e. The van der Waals surface area contributed by atoms with Crippen LogP contribution in [0.15, 0.2) is 42.5 Å². The van der Waals surface area contributed by atoms with Gasteiger partial charge < -0.3 is 5.11 Å². The van der Waals surface area contributed by atoms with Crippen LogP contribution in [0.1, 0.15) is 81.5 Å². The number of rotatable bonds is 4. The second kappa shape index (κ2) is 8.10. The first-order valence-corrected chi connectivity index (χ1v) is 12.4. The molecule has 2 aliphatic carbocycles. The third-order valence-corrected chi connectivity index (χ3v) is 8.01. The lowest BCUT2D eigenvalue weighted by Crippen LogP contribution is -2.41. The van der Waals surface area contributed by atoms with Crippen molar-refractivity contribution in [3.8, 4) is 5.75 Å². The van der Waals surface area contributed by atoms with E-state index in [0.29, 0.717) is 11.1 Å². The first-order valence-electron chi connectivity index (χ1n) is 11.3. The lowest BCUT2D eigenvalue weighted by atomic mass is 9.56. The first kappa shape index (κ1) is 21.0. The summed E-state index contributed by atoms with van der Waals surface area (Å²) < 4.78 is 0. The highest BCUT2D eigenvalue weighted by atomic mass is 79.9. The van der Waals surface area contributed by atoms with E-state index in [1.165, 1.54) is 55.2 Å². The number of phenolic OH excluding ortho intramolecular Hbond substituents is 1. The summed E-state index contributed by atoms with van der Waals surface area (Å²) in [6.07, 6.45) is 8.95. The molecule has 2 fully saturated rings. The SMILES string of the molecule is CC(C)(C)c1cc(CBr)c(O)c(C2(Cc3ccccc3)CC3CCCC(C3)C2)c1. The predicted molar refractivity (Wildman–Crippen MR) is 126 cm³/mol. The number of fused-ring (bicyclic) bond motifs is 2. The van der Waals surface area contributed by atoms with Crippen molar-refractivity contribution in [2.24, 2.45) is 11.8 Å². The molecule has 0 heterocycles. The van der Waals surface area contributed by atoms with Gasteiger partial charge in [-0.1, -0.05) is 98.4 Å². The van der Waals surface area contributed by atoms with Gasteiger partial charge in [-0.15, -0.1) is 0 Å². The number of aromatic hydroxyl groups is 1. The topological polar surface area (TPSA) is 20.2 Å². The number of benzene rings is 2. The van der Waals surface area contributed by atoms with E-state index in [-0.39, 0.29) is 10.8 Å². The van der Waals surface area contributed by atoms with E-state index in [2.05, 4.69) is 79.2 Å². The molecule has 2 bridgehead atoms. The summed E-state index contributed by atoms with van der Waals surface area (Å²) in [7, 11) is 0. The Morgan fingerprint density at radius 3 is 2.28 bits per heavy atom. The van der Waals surface area contributed by atoms with Gasteiger partial charge in [-0.3, -0.25) is 0 Å². The highest BCUT2D eigenvalue weighted by molar-refractivity contribution is 9.08. The fraction of sp³-hybridized carbons (Fsp3) is 0.556. The van der Waals surface area contributed by atoms with Crippen molar-refractivity contribution in [1.82, 2.24) is 0 Å². The normalized spacial score (nSPS) is 27.0. The standard InChI is InChI=1S/C27H35BrO/c1-26(2,3)23-13-22(18-28)25(29)24(14-23)27(15-19-8-5-4-6-9-19)16-20-10-7-11-21(12-20)17-27/h4-6,8-9,13-14,20-21,29H,7,10-12,15-18H2,1-3H3. The molecule has 2 saturated carbocycles. The van der Waals surface area contributed by atoms with Gasteiger partial charge >= 0.3 is 0 Å². The van der Waals surface area contributed by atoms with Crippen molar-refractivity contribution in [2.75, 3.05) is 0 Å². The molecule has 0 spiro atoms. The number of alkyl halides is 1. The molecule has 1 N–H and O–H groups in total. The van der Waals surface area contributed by atoms with Gasteiger partial charge in [0, 0.05) is 21.9 Å². The van der Waals surface area contributed by atoms with Crippen molar-refractivity contribution in [1.29, 1.82) is 0 Å². The van der Waals surface area contributed by atoms with Gasteiger partial charge in [-0.05, 0) is 54.1 Å². The zero-order valence-corrected chi connectivity index (χ0v) is 19.8. The summed E-state index contributed by atoms with van der Waals surface area (Å²) in [5.41, 5.74) is 5.09. The summed E-state index contributed by atoms with van der Waals surface area (Å²) in [6, 6.07) is 15.5. The van der Waals surface area contributed by atoms with Crippen molar-refractivity contribution < 1.29 is 5.11 Å². The molecule has 2 aromatic carbocycles. The molecule has 2 heteroatoms. The van der Waals surface area contributed by atoms with E-state index in [9.17, 15) is 5.11 Å². The molecule has 0 amide bonds. The van der Waals surface area contributed by atoms with E-state index < -0.39 is 0 Å². The number of halogens is 1. The quantitative estimate of drug-likeness (QED) is 0.469. The third kappa shape index (κ3) is 4.29. The van der Waals surface area contributed by atoms with Gasteiger partial charge in [0.15, 0.2) is 0 Å². The summed E-state index contributed by atoms with van der Waals surface area (Å²) in [5.74, 6) is 2.14. The van der Waals surface area contributed by atoms with Gasteiger partial charge in [-0.25, -0.2) is 0 Å². The molecular formula is C27H35BrO. The van der Waals surface area contributed by atoms with Gasteiger partial charge in [0.2, 0.25) is 0 Å². The fourth-order valence-corrected chi connectivity index (χ4v) is 6.47. The lowest BCUT2D eigenvalue weighted by Gasteiger charge is -2.48. The zero-order valence-electron chi connectivity index (χ0n) is 18.2. The number of hydrogen-bond acceptors (Lipinski definition) is 1. The van der Waals surface area contributed by atoms with E-state index in [1.807, 2.05) is 0 Å². The number of hydrogen-bond donors (Lipinski definition) is 1. The highest BCUT2D eigenvalue weighted by Gasteiger charge is 2.45.